The fraction of sp³-hybridized carbons (Fsp3) is 0.600. The van der Waals surface area contributed by atoms with Crippen LogP contribution in [0.15, 0.2) is 23.3 Å². The van der Waals surface area contributed by atoms with Gasteiger partial charge in [0.15, 0.2) is 0 Å². The van der Waals surface area contributed by atoms with Gasteiger partial charge in [0.05, 0.1) is 13.2 Å². The second kappa shape index (κ2) is 6.17. The molecule has 0 aromatic heterocycles. The fourth-order valence-corrected chi connectivity index (χ4v) is 0.540. The van der Waals surface area contributed by atoms with Crippen LogP contribution in [-0.4, -0.2) is 13.2 Å². The molecule has 0 radical (unpaired) electrons. The summed E-state index contributed by atoms with van der Waals surface area (Å²) in [5, 5.41) is 0. The number of allylic oxidation sites excluding steroid dienone is 2. The summed E-state index contributed by atoms with van der Waals surface area (Å²) in [4.78, 5) is 0. The lowest BCUT2D eigenvalue weighted by molar-refractivity contribution is 0.180. The second-order valence-corrected chi connectivity index (χ2v) is 2.76. The smallest absolute Gasteiger partial charge is 0.0678 e. The van der Waals surface area contributed by atoms with Gasteiger partial charge in [-0.3, -0.25) is 0 Å². The Labute approximate surface area is 69.8 Å². The Hall–Kier alpha value is -0.560. The van der Waals surface area contributed by atoms with E-state index < -0.39 is 0 Å². The molecule has 1 nitrogen and oxygen atoms in total. The molecule has 0 amide bonds. The normalized spacial score (nSPS) is 13.8. The van der Waals surface area contributed by atoms with Crippen molar-refractivity contribution in [3.05, 3.63) is 23.3 Å². The highest BCUT2D eigenvalue weighted by Crippen LogP contribution is 1.96. The van der Waals surface area contributed by atoms with Crippen LogP contribution in [0.4, 0.5) is 0 Å². The van der Waals surface area contributed by atoms with Crippen molar-refractivity contribution in [2.45, 2.75) is 27.7 Å². The Morgan fingerprint density at radius 2 is 1.36 bits per heavy atom. The van der Waals surface area contributed by atoms with E-state index in [1.165, 1.54) is 11.1 Å². The van der Waals surface area contributed by atoms with Crippen LogP contribution in [0.2, 0.25) is 0 Å². The van der Waals surface area contributed by atoms with Crippen molar-refractivity contribution < 1.29 is 4.74 Å². The van der Waals surface area contributed by atoms with Gasteiger partial charge in [0.25, 0.3) is 0 Å². The Morgan fingerprint density at radius 1 is 1.00 bits per heavy atom. The standard InChI is InChI=1S/C10H18O/c1-5-9(3)7-11-8-10(4)6-2/h5-6H,7-8H2,1-4H3. The van der Waals surface area contributed by atoms with Crippen molar-refractivity contribution in [1.82, 2.24) is 0 Å². The van der Waals surface area contributed by atoms with E-state index in [0.717, 1.165) is 13.2 Å². The number of hydrogen-bond acceptors (Lipinski definition) is 1. The first-order valence-corrected chi connectivity index (χ1v) is 4.02. The molecule has 0 spiro atoms. The first-order chi connectivity index (χ1) is 5.20. The van der Waals surface area contributed by atoms with Crippen LogP contribution in [0.5, 0.6) is 0 Å². The maximum atomic E-state index is 5.40. The fourth-order valence-electron chi connectivity index (χ4n) is 0.540. The minimum absolute atomic E-state index is 0.752. The Bertz CT molecular complexity index is 136. The largest absolute Gasteiger partial charge is 0.373 e. The van der Waals surface area contributed by atoms with E-state index in [1.807, 2.05) is 13.8 Å². The molecule has 0 aliphatic carbocycles. The Kier molecular flexibility index (Phi) is 5.86. The number of hydrogen-bond donors (Lipinski definition) is 0. The van der Waals surface area contributed by atoms with E-state index in [2.05, 4.69) is 26.0 Å². The maximum absolute atomic E-state index is 5.40. The van der Waals surface area contributed by atoms with Gasteiger partial charge in [0.1, 0.15) is 0 Å². The van der Waals surface area contributed by atoms with Crippen LogP contribution in [-0.2, 0) is 4.74 Å². The Balaban J connectivity index is 3.43. The molecule has 0 atom stereocenters. The first kappa shape index (κ1) is 10.4. The van der Waals surface area contributed by atoms with E-state index in [4.69, 9.17) is 4.74 Å². The Morgan fingerprint density at radius 3 is 1.64 bits per heavy atom. The summed E-state index contributed by atoms with van der Waals surface area (Å²) in [6, 6.07) is 0. The van der Waals surface area contributed by atoms with Gasteiger partial charge >= 0.3 is 0 Å². The quantitative estimate of drug-likeness (QED) is 0.566. The van der Waals surface area contributed by atoms with Crippen LogP contribution in [0.25, 0.3) is 0 Å². The molecule has 0 N–H and O–H groups in total. The zero-order valence-electron chi connectivity index (χ0n) is 7.98. The average molecular weight is 154 g/mol. The lowest BCUT2D eigenvalue weighted by atomic mass is 10.3. The number of rotatable bonds is 4. The predicted molar refractivity (Wildman–Crippen MR) is 49.7 cm³/mol. The van der Waals surface area contributed by atoms with Gasteiger partial charge in [-0.15, -0.1) is 0 Å². The molecule has 0 fully saturated rings. The summed E-state index contributed by atoms with van der Waals surface area (Å²) in [5.41, 5.74) is 2.57. The molecular formula is C10H18O. The SMILES string of the molecule is CC=C(C)COCC(C)=CC. The second-order valence-electron chi connectivity index (χ2n) is 2.76. The molecule has 0 rings (SSSR count). The summed E-state index contributed by atoms with van der Waals surface area (Å²) in [5.74, 6) is 0. The molecule has 0 saturated heterocycles. The zero-order chi connectivity index (χ0) is 8.69. The van der Waals surface area contributed by atoms with Crippen molar-refractivity contribution in [3.63, 3.8) is 0 Å². The van der Waals surface area contributed by atoms with Gasteiger partial charge in [-0.25, -0.2) is 0 Å². The molecule has 0 bridgehead atoms. The van der Waals surface area contributed by atoms with Crippen LogP contribution in [0.1, 0.15) is 27.7 Å². The predicted octanol–water partition coefficient (Wildman–Crippen LogP) is 2.94. The molecule has 0 unspecified atom stereocenters. The summed E-state index contributed by atoms with van der Waals surface area (Å²) in [6.07, 6.45) is 4.15. The molecule has 11 heavy (non-hydrogen) atoms. The van der Waals surface area contributed by atoms with Gasteiger partial charge < -0.3 is 4.74 Å². The lowest BCUT2D eigenvalue weighted by Gasteiger charge is -2.03. The zero-order valence-corrected chi connectivity index (χ0v) is 7.98. The molecule has 1 heteroatoms. The van der Waals surface area contributed by atoms with E-state index in [9.17, 15) is 0 Å². The van der Waals surface area contributed by atoms with Crippen molar-refractivity contribution >= 4 is 0 Å². The summed E-state index contributed by atoms with van der Waals surface area (Å²) < 4.78 is 5.40. The summed E-state index contributed by atoms with van der Waals surface area (Å²) >= 11 is 0. The van der Waals surface area contributed by atoms with Gasteiger partial charge in [0, 0.05) is 0 Å². The third-order valence-corrected chi connectivity index (χ3v) is 1.65. The molecule has 64 valence electrons. The average Bonchev–Trinajstić information content (AvgIpc) is 2.04. The maximum Gasteiger partial charge on any atom is 0.0678 e. The molecular weight excluding hydrogens is 136 g/mol. The van der Waals surface area contributed by atoms with Crippen molar-refractivity contribution in [2.75, 3.05) is 13.2 Å². The van der Waals surface area contributed by atoms with Crippen LogP contribution < -0.4 is 0 Å². The number of ether oxygens (including phenoxy) is 1. The van der Waals surface area contributed by atoms with Crippen molar-refractivity contribution in [1.29, 1.82) is 0 Å². The van der Waals surface area contributed by atoms with E-state index >= 15 is 0 Å². The minimum atomic E-state index is 0.752. The van der Waals surface area contributed by atoms with Crippen LogP contribution in [0, 0.1) is 0 Å². The lowest BCUT2D eigenvalue weighted by Crippen LogP contribution is -1.98. The molecule has 0 heterocycles. The highest BCUT2D eigenvalue weighted by Gasteiger charge is 1.89. The monoisotopic (exact) mass is 154 g/mol. The van der Waals surface area contributed by atoms with Gasteiger partial charge in [-0.2, -0.15) is 0 Å². The molecule has 0 aromatic carbocycles. The summed E-state index contributed by atoms with van der Waals surface area (Å²) in [7, 11) is 0. The third kappa shape index (κ3) is 5.86. The highest BCUT2D eigenvalue weighted by molar-refractivity contribution is 4.98. The summed E-state index contributed by atoms with van der Waals surface area (Å²) in [6.45, 7) is 9.71. The van der Waals surface area contributed by atoms with E-state index in [0.29, 0.717) is 0 Å². The van der Waals surface area contributed by atoms with Gasteiger partial charge in [0.2, 0.25) is 0 Å². The highest BCUT2D eigenvalue weighted by atomic mass is 16.5. The van der Waals surface area contributed by atoms with Crippen molar-refractivity contribution in [3.8, 4) is 0 Å². The van der Waals surface area contributed by atoms with Crippen LogP contribution >= 0.6 is 0 Å². The first-order valence-electron chi connectivity index (χ1n) is 4.02. The van der Waals surface area contributed by atoms with Gasteiger partial charge in [-0.1, -0.05) is 23.3 Å². The van der Waals surface area contributed by atoms with Crippen LogP contribution in [0.3, 0.4) is 0 Å². The third-order valence-electron chi connectivity index (χ3n) is 1.65. The molecule has 0 aromatic rings. The minimum Gasteiger partial charge on any atom is -0.373 e. The van der Waals surface area contributed by atoms with E-state index in [-0.39, 0.29) is 0 Å². The topological polar surface area (TPSA) is 9.23 Å². The van der Waals surface area contributed by atoms with E-state index in [1.54, 1.807) is 0 Å². The molecule has 0 aliphatic rings. The van der Waals surface area contributed by atoms with Crippen molar-refractivity contribution in [2.24, 2.45) is 0 Å². The van der Waals surface area contributed by atoms with Gasteiger partial charge in [-0.05, 0) is 27.7 Å². The molecule has 0 aliphatic heterocycles. The molecule has 0 saturated carbocycles.